The highest BCUT2D eigenvalue weighted by Crippen LogP contribution is 2.44. The maximum atomic E-state index is 14.7. The maximum Gasteiger partial charge on any atom is 0.360 e. The Labute approximate surface area is 262 Å². The molecule has 46 heavy (non-hydrogen) atoms. The van der Waals surface area contributed by atoms with Gasteiger partial charge in [-0.2, -0.15) is 0 Å². The van der Waals surface area contributed by atoms with Crippen molar-refractivity contribution < 1.29 is 43.8 Å². The van der Waals surface area contributed by atoms with E-state index in [4.69, 9.17) is 11.5 Å². The SMILES string of the molecule is CC(=O)[C@@](C(=O)O)(N1C(=O)N(Cc2ccccc2)[C@](C)(c2ccc(C(N)=O)cc2)C1=O)N(C(=O)[C@@H](N)CC(=O)O)c1ccccc1. The Hall–Kier alpha value is -5.89. The Kier molecular flexibility index (Phi) is 9.05. The summed E-state index contributed by atoms with van der Waals surface area (Å²) in [6.45, 7) is 1.88. The van der Waals surface area contributed by atoms with Gasteiger partial charge in [-0.15, -0.1) is 0 Å². The number of carbonyl (C=O) groups is 7. The minimum atomic E-state index is -3.36. The lowest BCUT2D eigenvalue weighted by molar-refractivity contribution is -0.162. The van der Waals surface area contributed by atoms with Gasteiger partial charge in [0.1, 0.15) is 5.54 Å². The van der Waals surface area contributed by atoms with Crippen LogP contribution in [0.25, 0.3) is 0 Å². The fraction of sp³-hybridized carbons (Fsp3) is 0.219. The number of carboxylic acid groups (broad SMARTS) is 2. The molecule has 1 saturated heterocycles. The van der Waals surface area contributed by atoms with Crippen LogP contribution in [0.5, 0.6) is 0 Å². The van der Waals surface area contributed by atoms with E-state index in [9.17, 15) is 43.8 Å². The van der Waals surface area contributed by atoms with Crippen molar-refractivity contribution in [3.63, 3.8) is 0 Å². The minimum Gasteiger partial charge on any atom is -0.481 e. The third kappa shape index (κ3) is 5.45. The summed E-state index contributed by atoms with van der Waals surface area (Å²) in [4.78, 5) is 95.2. The van der Waals surface area contributed by atoms with Crippen LogP contribution in [0.15, 0.2) is 84.9 Å². The second-order valence-electron chi connectivity index (χ2n) is 10.8. The summed E-state index contributed by atoms with van der Waals surface area (Å²) in [5.41, 5.74) is 6.46. The number of carbonyl (C=O) groups excluding carboxylic acids is 5. The minimum absolute atomic E-state index is 0.0903. The Morgan fingerprint density at radius 1 is 0.891 bits per heavy atom. The van der Waals surface area contributed by atoms with E-state index in [1.165, 1.54) is 61.5 Å². The third-order valence-electron chi connectivity index (χ3n) is 7.88. The van der Waals surface area contributed by atoms with Crippen molar-refractivity contribution in [1.29, 1.82) is 0 Å². The quantitative estimate of drug-likeness (QED) is 0.168. The Bertz CT molecular complexity index is 1700. The molecular weight excluding hydrogens is 598 g/mol. The van der Waals surface area contributed by atoms with E-state index in [1.807, 2.05) is 0 Å². The highest BCUT2D eigenvalue weighted by atomic mass is 16.4. The highest BCUT2D eigenvalue weighted by Gasteiger charge is 2.69. The number of rotatable bonds is 12. The fourth-order valence-electron chi connectivity index (χ4n) is 5.50. The van der Waals surface area contributed by atoms with Crippen LogP contribution in [0.3, 0.4) is 0 Å². The van der Waals surface area contributed by atoms with Crippen molar-refractivity contribution in [2.24, 2.45) is 11.5 Å². The standard InChI is InChI=1S/C32H31N5O9/c1-19(38)32(29(44)45,36(23-11-7-4-8-12-23)27(42)24(33)17-25(39)40)37-28(43)31(2,22-15-13-21(14-16-22)26(34)41)35(30(37)46)18-20-9-5-3-6-10-20/h3-16,24H,17-18,33H2,1-2H3,(H2,34,41)(H,39,40)(H,44,45)/t24-,31+,32-/m0/s1. The van der Waals surface area contributed by atoms with Crippen LogP contribution < -0.4 is 16.4 Å². The molecule has 5 amide bonds. The third-order valence-corrected chi connectivity index (χ3v) is 7.88. The van der Waals surface area contributed by atoms with Crippen LogP contribution in [-0.2, 0) is 36.1 Å². The molecule has 3 aromatic carbocycles. The number of benzene rings is 3. The van der Waals surface area contributed by atoms with E-state index in [0.29, 0.717) is 10.5 Å². The number of carboxylic acids is 2. The van der Waals surface area contributed by atoms with Gasteiger partial charge < -0.3 is 26.6 Å². The van der Waals surface area contributed by atoms with E-state index in [1.54, 1.807) is 30.3 Å². The predicted molar refractivity (Wildman–Crippen MR) is 162 cm³/mol. The molecule has 14 heteroatoms. The number of Topliss-reactive ketones (excluding diaryl/α,β-unsaturated/α-hetero) is 1. The Morgan fingerprint density at radius 3 is 1.91 bits per heavy atom. The topological polar surface area (TPSA) is 222 Å². The van der Waals surface area contributed by atoms with Gasteiger partial charge in [0, 0.05) is 17.8 Å². The molecule has 1 aliphatic heterocycles. The first-order valence-electron chi connectivity index (χ1n) is 13.9. The number of hydrogen-bond donors (Lipinski definition) is 4. The maximum absolute atomic E-state index is 14.7. The van der Waals surface area contributed by atoms with Gasteiger partial charge in [0.05, 0.1) is 12.5 Å². The molecule has 1 heterocycles. The molecule has 0 aliphatic carbocycles. The molecule has 0 unspecified atom stereocenters. The molecule has 4 rings (SSSR count). The smallest absolute Gasteiger partial charge is 0.360 e. The van der Waals surface area contributed by atoms with E-state index >= 15 is 0 Å². The number of aliphatic carboxylic acids is 2. The van der Waals surface area contributed by atoms with Gasteiger partial charge >= 0.3 is 18.0 Å². The number of primary amides is 1. The molecule has 0 spiro atoms. The number of amides is 5. The first-order chi connectivity index (χ1) is 21.7. The highest BCUT2D eigenvalue weighted by molar-refractivity contribution is 6.24. The molecule has 14 nitrogen and oxygen atoms in total. The predicted octanol–water partition coefficient (Wildman–Crippen LogP) is 1.67. The van der Waals surface area contributed by atoms with E-state index in [2.05, 4.69) is 0 Å². The van der Waals surface area contributed by atoms with Gasteiger partial charge in [0.15, 0.2) is 5.78 Å². The van der Waals surface area contributed by atoms with Gasteiger partial charge in [-0.05, 0) is 49.2 Å². The molecule has 3 aromatic rings. The molecule has 3 atom stereocenters. The van der Waals surface area contributed by atoms with Gasteiger partial charge in [-0.1, -0.05) is 60.7 Å². The Balaban J connectivity index is 2.03. The first-order valence-corrected chi connectivity index (χ1v) is 13.9. The number of urea groups is 1. The lowest BCUT2D eigenvalue weighted by Crippen LogP contribution is -2.74. The van der Waals surface area contributed by atoms with Crippen LogP contribution in [0.4, 0.5) is 10.5 Å². The zero-order valence-corrected chi connectivity index (χ0v) is 24.8. The fourth-order valence-corrected chi connectivity index (χ4v) is 5.50. The number of imide groups is 1. The van der Waals surface area contributed by atoms with Crippen molar-refractivity contribution in [3.05, 3.63) is 102 Å². The van der Waals surface area contributed by atoms with Crippen molar-refractivity contribution >= 4 is 47.2 Å². The van der Waals surface area contributed by atoms with Crippen LogP contribution in [0.1, 0.15) is 41.8 Å². The number of hydrogen-bond acceptors (Lipinski definition) is 8. The summed E-state index contributed by atoms with van der Waals surface area (Å²) in [5.74, 6) is -8.19. The largest absolute Gasteiger partial charge is 0.481 e. The average Bonchev–Trinajstić information content (AvgIpc) is 3.20. The summed E-state index contributed by atoms with van der Waals surface area (Å²) in [6.07, 6.45) is -0.957. The number of anilines is 1. The summed E-state index contributed by atoms with van der Waals surface area (Å²) >= 11 is 0. The van der Waals surface area contributed by atoms with Crippen molar-refractivity contribution in [2.75, 3.05) is 4.90 Å². The number of ketones is 1. The second-order valence-corrected chi connectivity index (χ2v) is 10.8. The summed E-state index contributed by atoms with van der Waals surface area (Å²) in [6, 6.07) is 17.5. The van der Waals surface area contributed by atoms with Gasteiger partial charge in [-0.3, -0.25) is 28.9 Å². The van der Waals surface area contributed by atoms with E-state index in [-0.39, 0.29) is 28.3 Å². The normalized spacial score (nSPS) is 18.1. The summed E-state index contributed by atoms with van der Waals surface area (Å²) < 4.78 is 0. The zero-order chi connectivity index (χ0) is 34.0. The number of para-hydroxylation sites is 1. The van der Waals surface area contributed by atoms with E-state index < -0.39 is 65.1 Å². The van der Waals surface area contributed by atoms with Gasteiger partial charge in [0.25, 0.3) is 11.6 Å². The molecule has 0 saturated carbocycles. The lowest BCUT2D eigenvalue weighted by atomic mass is 9.88. The molecule has 0 bridgehead atoms. The average molecular weight is 630 g/mol. The summed E-state index contributed by atoms with van der Waals surface area (Å²) in [5, 5.41) is 20.2. The summed E-state index contributed by atoms with van der Waals surface area (Å²) in [7, 11) is 0. The van der Waals surface area contributed by atoms with Crippen LogP contribution in [0, 0.1) is 0 Å². The number of nitrogens with zero attached hydrogens (tertiary/aromatic N) is 3. The van der Waals surface area contributed by atoms with Gasteiger partial charge in [0.2, 0.25) is 11.8 Å². The van der Waals surface area contributed by atoms with Crippen molar-refractivity contribution in [1.82, 2.24) is 9.80 Å². The molecule has 1 fully saturated rings. The van der Waals surface area contributed by atoms with Crippen molar-refractivity contribution in [2.45, 2.75) is 44.1 Å². The monoisotopic (exact) mass is 629 g/mol. The van der Waals surface area contributed by atoms with Crippen LogP contribution >= 0.6 is 0 Å². The van der Waals surface area contributed by atoms with Crippen molar-refractivity contribution in [3.8, 4) is 0 Å². The Morgan fingerprint density at radius 2 is 1.43 bits per heavy atom. The molecule has 238 valence electrons. The molecule has 0 radical (unpaired) electrons. The molecule has 1 aliphatic rings. The molecule has 6 N–H and O–H groups in total. The zero-order valence-electron chi connectivity index (χ0n) is 24.8. The lowest BCUT2D eigenvalue weighted by Gasteiger charge is -2.43. The van der Waals surface area contributed by atoms with Crippen LogP contribution in [0.2, 0.25) is 0 Å². The molecular formula is C32H31N5O9. The number of nitrogens with two attached hydrogens (primary N) is 2. The first kappa shape index (κ1) is 33.0. The van der Waals surface area contributed by atoms with Crippen LogP contribution in [-0.4, -0.2) is 73.2 Å². The van der Waals surface area contributed by atoms with Gasteiger partial charge in [-0.25, -0.2) is 14.5 Å². The second kappa shape index (κ2) is 12.6. The van der Waals surface area contributed by atoms with E-state index in [0.717, 1.165) is 11.8 Å². The molecule has 0 aromatic heterocycles.